The number of hydrogen-bond donors (Lipinski definition) is 1. The minimum atomic E-state index is -0.546. The number of hydrogen-bond acceptors (Lipinski definition) is 5. The van der Waals surface area contributed by atoms with Crippen LogP contribution in [0.1, 0.15) is 36.7 Å². The quantitative estimate of drug-likeness (QED) is 0.913. The molecule has 2 aromatic rings. The van der Waals surface area contributed by atoms with Crippen molar-refractivity contribution in [2.24, 2.45) is 0 Å². The highest BCUT2D eigenvalue weighted by molar-refractivity contribution is 5.47. The van der Waals surface area contributed by atoms with Gasteiger partial charge in [-0.1, -0.05) is 12.1 Å². The van der Waals surface area contributed by atoms with Crippen LogP contribution in [0.25, 0.3) is 0 Å². The van der Waals surface area contributed by atoms with Crippen molar-refractivity contribution in [2.45, 2.75) is 38.0 Å². The first kappa shape index (κ1) is 15.5. The SMILES string of the molecule is OC(CC1CCCN1Cc1cccc2c1OCCO2)c1ccco1. The summed E-state index contributed by atoms with van der Waals surface area (Å²) in [7, 11) is 0. The number of likely N-dealkylation sites (tertiary alicyclic amines) is 1. The number of para-hydroxylation sites is 1. The first-order valence-corrected chi connectivity index (χ1v) is 8.64. The lowest BCUT2D eigenvalue weighted by molar-refractivity contribution is 0.0985. The molecule has 0 saturated carbocycles. The summed E-state index contributed by atoms with van der Waals surface area (Å²) >= 11 is 0. The molecule has 1 N–H and O–H groups in total. The Morgan fingerprint density at radius 1 is 1.17 bits per heavy atom. The van der Waals surface area contributed by atoms with E-state index >= 15 is 0 Å². The molecule has 0 spiro atoms. The molecule has 2 unspecified atom stereocenters. The molecule has 1 aromatic heterocycles. The van der Waals surface area contributed by atoms with E-state index in [4.69, 9.17) is 13.9 Å². The van der Waals surface area contributed by atoms with Crippen molar-refractivity contribution in [2.75, 3.05) is 19.8 Å². The molecule has 0 amide bonds. The maximum atomic E-state index is 10.4. The van der Waals surface area contributed by atoms with Gasteiger partial charge in [-0.05, 0) is 44.0 Å². The number of furan rings is 1. The predicted molar refractivity (Wildman–Crippen MR) is 89.1 cm³/mol. The minimum Gasteiger partial charge on any atom is -0.486 e. The fourth-order valence-corrected chi connectivity index (χ4v) is 3.70. The second kappa shape index (κ2) is 6.87. The smallest absolute Gasteiger partial charge is 0.165 e. The third-order valence-electron chi connectivity index (χ3n) is 4.89. The summed E-state index contributed by atoms with van der Waals surface area (Å²) in [6.07, 6.45) is 4.01. The summed E-state index contributed by atoms with van der Waals surface area (Å²) in [6.45, 7) is 3.07. The molecule has 4 rings (SSSR count). The molecule has 2 aliphatic rings. The van der Waals surface area contributed by atoms with Crippen LogP contribution < -0.4 is 9.47 Å². The summed E-state index contributed by atoms with van der Waals surface area (Å²) in [4.78, 5) is 2.43. The molecule has 0 bridgehead atoms. The topological polar surface area (TPSA) is 55.1 Å². The molecule has 24 heavy (non-hydrogen) atoms. The Kier molecular flexibility index (Phi) is 4.45. The molecule has 1 aromatic carbocycles. The van der Waals surface area contributed by atoms with Crippen LogP contribution in [0.15, 0.2) is 41.0 Å². The molecule has 1 fully saturated rings. The van der Waals surface area contributed by atoms with Crippen molar-refractivity contribution in [1.29, 1.82) is 0 Å². The zero-order valence-electron chi connectivity index (χ0n) is 13.7. The van der Waals surface area contributed by atoms with Crippen LogP contribution in [-0.4, -0.2) is 35.8 Å². The van der Waals surface area contributed by atoms with E-state index in [0.29, 0.717) is 31.4 Å². The highest BCUT2D eigenvalue weighted by atomic mass is 16.6. The van der Waals surface area contributed by atoms with Crippen LogP contribution in [0.3, 0.4) is 0 Å². The van der Waals surface area contributed by atoms with Gasteiger partial charge in [0, 0.05) is 18.2 Å². The number of aliphatic hydroxyl groups is 1. The zero-order valence-corrected chi connectivity index (χ0v) is 13.7. The summed E-state index contributed by atoms with van der Waals surface area (Å²) in [5.41, 5.74) is 1.16. The van der Waals surface area contributed by atoms with Gasteiger partial charge in [0.25, 0.3) is 0 Å². The first-order valence-electron chi connectivity index (χ1n) is 8.64. The molecule has 5 nitrogen and oxygen atoms in total. The number of fused-ring (bicyclic) bond motifs is 1. The molecule has 1 saturated heterocycles. The van der Waals surface area contributed by atoms with Gasteiger partial charge >= 0.3 is 0 Å². The minimum absolute atomic E-state index is 0.352. The van der Waals surface area contributed by atoms with E-state index in [9.17, 15) is 5.11 Å². The van der Waals surface area contributed by atoms with Gasteiger partial charge < -0.3 is 19.0 Å². The Labute approximate surface area is 141 Å². The molecule has 3 heterocycles. The van der Waals surface area contributed by atoms with Crippen LogP contribution in [0.4, 0.5) is 0 Å². The lowest BCUT2D eigenvalue weighted by atomic mass is 10.0. The van der Waals surface area contributed by atoms with Crippen molar-refractivity contribution in [3.05, 3.63) is 47.9 Å². The third kappa shape index (κ3) is 3.14. The van der Waals surface area contributed by atoms with Gasteiger partial charge in [-0.3, -0.25) is 4.90 Å². The van der Waals surface area contributed by atoms with Crippen molar-refractivity contribution in [3.63, 3.8) is 0 Å². The van der Waals surface area contributed by atoms with Gasteiger partial charge in [-0.25, -0.2) is 0 Å². The van der Waals surface area contributed by atoms with Gasteiger partial charge in [0.1, 0.15) is 25.1 Å². The molecule has 2 aliphatic heterocycles. The highest BCUT2D eigenvalue weighted by Gasteiger charge is 2.29. The number of nitrogens with zero attached hydrogens (tertiary/aromatic N) is 1. The second-order valence-electron chi connectivity index (χ2n) is 6.47. The molecular formula is C19H23NO4. The van der Waals surface area contributed by atoms with Crippen molar-refractivity contribution in [1.82, 2.24) is 4.90 Å². The van der Waals surface area contributed by atoms with E-state index in [2.05, 4.69) is 11.0 Å². The summed E-state index contributed by atoms with van der Waals surface area (Å²) in [6, 6.07) is 10.1. The van der Waals surface area contributed by atoms with E-state index in [1.54, 1.807) is 6.26 Å². The number of ether oxygens (including phenoxy) is 2. The molecule has 128 valence electrons. The summed E-state index contributed by atoms with van der Waals surface area (Å²) in [5.74, 6) is 2.36. The predicted octanol–water partition coefficient (Wildman–Crippen LogP) is 3.14. The van der Waals surface area contributed by atoms with Crippen molar-refractivity contribution in [3.8, 4) is 11.5 Å². The Bertz CT molecular complexity index is 670. The maximum Gasteiger partial charge on any atom is 0.165 e. The highest BCUT2D eigenvalue weighted by Crippen LogP contribution is 2.36. The number of rotatable bonds is 5. The monoisotopic (exact) mass is 329 g/mol. The first-order chi connectivity index (χ1) is 11.8. The maximum absolute atomic E-state index is 10.4. The lowest BCUT2D eigenvalue weighted by Gasteiger charge is -2.28. The van der Waals surface area contributed by atoms with E-state index in [-0.39, 0.29) is 0 Å². The Morgan fingerprint density at radius 3 is 2.96 bits per heavy atom. The van der Waals surface area contributed by atoms with Crippen LogP contribution in [0.5, 0.6) is 11.5 Å². The van der Waals surface area contributed by atoms with Gasteiger partial charge in [-0.15, -0.1) is 0 Å². The fraction of sp³-hybridized carbons (Fsp3) is 0.474. The zero-order chi connectivity index (χ0) is 16.4. The second-order valence-corrected chi connectivity index (χ2v) is 6.47. The molecule has 0 radical (unpaired) electrons. The van der Waals surface area contributed by atoms with Gasteiger partial charge in [0.15, 0.2) is 11.5 Å². The van der Waals surface area contributed by atoms with Crippen LogP contribution in [0, 0.1) is 0 Å². The van der Waals surface area contributed by atoms with E-state index in [1.807, 2.05) is 24.3 Å². The van der Waals surface area contributed by atoms with Crippen LogP contribution in [-0.2, 0) is 6.54 Å². The molecular weight excluding hydrogens is 306 g/mol. The average Bonchev–Trinajstić information content (AvgIpc) is 3.28. The normalized spacial score (nSPS) is 21.8. The summed E-state index contributed by atoms with van der Waals surface area (Å²) < 4.78 is 16.8. The molecule has 0 aliphatic carbocycles. The van der Waals surface area contributed by atoms with Crippen LogP contribution in [0.2, 0.25) is 0 Å². The Morgan fingerprint density at radius 2 is 2.08 bits per heavy atom. The standard InChI is InChI=1S/C19H23NO4/c21-16(17-7-3-9-22-17)12-15-5-2-8-20(15)13-14-4-1-6-18-19(14)24-11-10-23-18/h1,3-4,6-7,9,15-16,21H,2,5,8,10-13H2. The van der Waals surface area contributed by atoms with Crippen LogP contribution >= 0.6 is 0 Å². The lowest BCUT2D eigenvalue weighted by Crippen LogP contribution is -2.31. The Balaban J connectivity index is 1.46. The molecule has 2 atom stereocenters. The summed E-state index contributed by atoms with van der Waals surface area (Å²) in [5, 5.41) is 10.4. The Hall–Kier alpha value is -1.98. The van der Waals surface area contributed by atoms with Gasteiger partial charge in [0.05, 0.1) is 6.26 Å². The van der Waals surface area contributed by atoms with E-state index in [1.165, 1.54) is 0 Å². The van der Waals surface area contributed by atoms with Gasteiger partial charge in [-0.2, -0.15) is 0 Å². The molecule has 5 heteroatoms. The van der Waals surface area contributed by atoms with E-state index < -0.39 is 6.10 Å². The number of benzene rings is 1. The number of aliphatic hydroxyl groups excluding tert-OH is 1. The third-order valence-corrected chi connectivity index (χ3v) is 4.89. The largest absolute Gasteiger partial charge is 0.486 e. The average molecular weight is 329 g/mol. The van der Waals surface area contributed by atoms with Crippen molar-refractivity contribution >= 4 is 0 Å². The van der Waals surface area contributed by atoms with Gasteiger partial charge in [0.2, 0.25) is 0 Å². The fourth-order valence-electron chi connectivity index (χ4n) is 3.70. The van der Waals surface area contributed by atoms with Crippen molar-refractivity contribution < 1.29 is 19.0 Å². The van der Waals surface area contributed by atoms with E-state index in [0.717, 1.165) is 43.0 Å².